The van der Waals surface area contributed by atoms with Crippen LogP contribution < -0.4 is 14.4 Å². The van der Waals surface area contributed by atoms with Gasteiger partial charge in [0.1, 0.15) is 18.0 Å². The van der Waals surface area contributed by atoms with Crippen molar-refractivity contribution in [2.45, 2.75) is 6.54 Å². The van der Waals surface area contributed by atoms with E-state index in [9.17, 15) is 4.79 Å². The molecule has 0 unspecified atom stereocenters. The Morgan fingerprint density at radius 1 is 1.20 bits per heavy atom. The minimum absolute atomic E-state index is 0.281. The molecule has 1 amide bonds. The van der Waals surface area contributed by atoms with Gasteiger partial charge in [-0.25, -0.2) is 0 Å². The first kappa shape index (κ1) is 18.4. The lowest BCUT2D eigenvalue weighted by Gasteiger charge is -2.23. The predicted octanol–water partition coefficient (Wildman–Crippen LogP) is 4.20. The summed E-state index contributed by atoms with van der Waals surface area (Å²) in [6.45, 7) is 0.0166. The number of anilines is 1. The van der Waals surface area contributed by atoms with E-state index in [1.165, 1.54) is 12.0 Å². The largest absolute Gasteiger partial charge is 0.497 e. The van der Waals surface area contributed by atoms with Crippen molar-refractivity contribution in [3.05, 3.63) is 63.5 Å². The van der Waals surface area contributed by atoms with Crippen LogP contribution in [0.1, 0.15) is 5.56 Å². The van der Waals surface area contributed by atoms with Crippen LogP contribution >= 0.6 is 11.6 Å². The van der Waals surface area contributed by atoms with Gasteiger partial charge in [-0.2, -0.15) is 0 Å². The highest BCUT2D eigenvalue weighted by Gasteiger charge is 2.17. The lowest BCUT2D eigenvalue weighted by atomic mass is 10.1. The fourth-order valence-corrected chi connectivity index (χ4v) is 2.49. The van der Waals surface area contributed by atoms with E-state index in [-0.39, 0.29) is 12.5 Å². The third-order valence-electron chi connectivity index (χ3n) is 3.52. The van der Waals surface area contributed by atoms with Crippen LogP contribution in [0.2, 0.25) is 5.02 Å². The molecule has 0 N–H and O–H groups in total. The van der Waals surface area contributed by atoms with Gasteiger partial charge in [0.05, 0.1) is 25.8 Å². The number of ether oxygens (including phenoxy) is 2. The zero-order chi connectivity index (χ0) is 18.2. The summed E-state index contributed by atoms with van der Waals surface area (Å²) in [5.74, 6) is 0.898. The molecule has 0 spiro atoms. The van der Waals surface area contributed by atoms with Crippen molar-refractivity contribution in [1.82, 2.24) is 0 Å². The minimum Gasteiger partial charge on any atom is -0.497 e. The number of nitrogens with zero attached hydrogens (tertiary/aromatic N) is 4. The summed E-state index contributed by atoms with van der Waals surface area (Å²) in [4.78, 5) is 16.6. The van der Waals surface area contributed by atoms with Crippen molar-refractivity contribution in [2.24, 2.45) is 5.11 Å². The van der Waals surface area contributed by atoms with Crippen LogP contribution in [0, 0.1) is 0 Å². The smallest absolute Gasteiger partial charge is 0.233 e. The summed E-state index contributed by atoms with van der Waals surface area (Å²) in [6, 6.07) is 12.4. The number of azide groups is 1. The molecule has 0 radical (unpaired) electrons. The first-order valence-electron chi connectivity index (χ1n) is 7.36. The fourth-order valence-electron chi connectivity index (χ4n) is 2.24. The Kier molecular flexibility index (Phi) is 6.51. The third-order valence-corrected chi connectivity index (χ3v) is 3.81. The predicted molar refractivity (Wildman–Crippen MR) is 96.2 cm³/mol. The standard InChI is InChI=1S/C17H17ClN4O3/c1-24-14-6-3-12(4-7-14)11-22(17(23)10-20-21-19)13-5-8-16(25-2)15(18)9-13/h3-9H,10-11H2,1-2H3. The number of carbonyl (C=O) groups is 1. The Morgan fingerprint density at radius 2 is 1.92 bits per heavy atom. The van der Waals surface area contributed by atoms with Crippen LogP contribution in [0.15, 0.2) is 47.6 Å². The molecule has 2 rings (SSSR count). The Balaban J connectivity index is 2.33. The molecule has 0 fully saturated rings. The summed E-state index contributed by atoms with van der Waals surface area (Å²) >= 11 is 6.16. The van der Waals surface area contributed by atoms with E-state index in [1.54, 1.807) is 25.3 Å². The van der Waals surface area contributed by atoms with E-state index >= 15 is 0 Å². The van der Waals surface area contributed by atoms with E-state index in [4.69, 9.17) is 26.6 Å². The summed E-state index contributed by atoms with van der Waals surface area (Å²) in [5, 5.41) is 3.74. The molecule has 0 bridgehead atoms. The van der Waals surface area contributed by atoms with Gasteiger partial charge < -0.3 is 14.4 Å². The Morgan fingerprint density at radius 3 is 2.48 bits per heavy atom. The highest BCUT2D eigenvalue weighted by molar-refractivity contribution is 6.32. The summed E-state index contributed by atoms with van der Waals surface area (Å²) in [5.41, 5.74) is 9.94. The summed E-state index contributed by atoms with van der Waals surface area (Å²) < 4.78 is 10.3. The van der Waals surface area contributed by atoms with E-state index in [1.807, 2.05) is 24.3 Å². The first-order valence-corrected chi connectivity index (χ1v) is 7.74. The van der Waals surface area contributed by atoms with Gasteiger partial charge in [0.15, 0.2) is 0 Å². The Labute approximate surface area is 150 Å². The number of hydrogen-bond donors (Lipinski definition) is 0. The lowest BCUT2D eigenvalue weighted by Crippen LogP contribution is -2.32. The molecule has 0 aromatic heterocycles. The van der Waals surface area contributed by atoms with Crippen molar-refractivity contribution in [3.63, 3.8) is 0 Å². The van der Waals surface area contributed by atoms with Gasteiger partial charge in [-0.1, -0.05) is 28.8 Å². The van der Waals surface area contributed by atoms with Crippen LogP contribution in [-0.4, -0.2) is 26.7 Å². The molecule has 0 aliphatic heterocycles. The van der Waals surface area contributed by atoms with Gasteiger partial charge in [-0.3, -0.25) is 4.79 Å². The molecule has 0 atom stereocenters. The number of rotatable bonds is 7. The SMILES string of the molecule is COc1ccc(CN(C(=O)CN=[N+]=[N-])c2ccc(OC)c(Cl)c2)cc1. The molecule has 0 aliphatic carbocycles. The van der Waals surface area contributed by atoms with Gasteiger partial charge in [0, 0.05) is 10.6 Å². The highest BCUT2D eigenvalue weighted by atomic mass is 35.5. The number of halogens is 1. The number of amides is 1. The number of hydrogen-bond acceptors (Lipinski definition) is 4. The molecule has 0 heterocycles. The molecule has 8 heteroatoms. The zero-order valence-electron chi connectivity index (χ0n) is 13.8. The quantitative estimate of drug-likeness (QED) is 0.421. The minimum atomic E-state index is -0.338. The van der Waals surface area contributed by atoms with Gasteiger partial charge in [-0.05, 0) is 41.4 Å². The molecule has 2 aromatic rings. The van der Waals surface area contributed by atoms with Crippen LogP contribution in [-0.2, 0) is 11.3 Å². The maximum atomic E-state index is 12.5. The zero-order valence-corrected chi connectivity index (χ0v) is 14.6. The highest BCUT2D eigenvalue weighted by Crippen LogP contribution is 2.30. The second kappa shape index (κ2) is 8.82. The number of methoxy groups -OCH3 is 2. The van der Waals surface area contributed by atoms with Crippen LogP contribution in [0.3, 0.4) is 0 Å². The molecule has 0 aliphatic rings. The molecule has 0 saturated heterocycles. The average molecular weight is 361 g/mol. The molecule has 0 saturated carbocycles. The second-order valence-electron chi connectivity index (χ2n) is 5.04. The summed E-state index contributed by atoms with van der Waals surface area (Å²) in [6.07, 6.45) is 0. The van der Waals surface area contributed by atoms with Gasteiger partial charge >= 0.3 is 0 Å². The monoisotopic (exact) mass is 360 g/mol. The van der Waals surface area contributed by atoms with Gasteiger partial charge in [0.2, 0.25) is 5.91 Å². The van der Waals surface area contributed by atoms with E-state index in [0.717, 1.165) is 11.3 Å². The fraction of sp³-hybridized carbons (Fsp3) is 0.235. The van der Waals surface area contributed by atoms with Crippen LogP contribution in [0.5, 0.6) is 11.5 Å². The molecule has 7 nitrogen and oxygen atoms in total. The maximum Gasteiger partial charge on any atom is 0.233 e. The molecular weight excluding hydrogens is 344 g/mol. The van der Waals surface area contributed by atoms with Crippen molar-refractivity contribution < 1.29 is 14.3 Å². The average Bonchev–Trinajstić information content (AvgIpc) is 2.64. The second-order valence-corrected chi connectivity index (χ2v) is 5.44. The first-order chi connectivity index (χ1) is 12.1. The van der Waals surface area contributed by atoms with Crippen molar-refractivity contribution in [1.29, 1.82) is 0 Å². The van der Waals surface area contributed by atoms with Gasteiger partial charge in [0.25, 0.3) is 0 Å². The molecular formula is C17H17ClN4O3. The van der Waals surface area contributed by atoms with Gasteiger partial charge in [-0.15, -0.1) is 0 Å². The lowest BCUT2D eigenvalue weighted by molar-refractivity contribution is -0.117. The van der Waals surface area contributed by atoms with E-state index in [2.05, 4.69) is 10.0 Å². The molecule has 2 aromatic carbocycles. The number of benzene rings is 2. The van der Waals surface area contributed by atoms with Crippen LogP contribution in [0.4, 0.5) is 5.69 Å². The van der Waals surface area contributed by atoms with E-state index < -0.39 is 0 Å². The maximum absolute atomic E-state index is 12.5. The Bertz CT molecular complexity index is 789. The van der Waals surface area contributed by atoms with E-state index in [0.29, 0.717) is 23.0 Å². The van der Waals surface area contributed by atoms with Crippen LogP contribution in [0.25, 0.3) is 10.4 Å². The van der Waals surface area contributed by atoms with Crippen molar-refractivity contribution >= 4 is 23.2 Å². The molecule has 25 heavy (non-hydrogen) atoms. The molecule has 130 valence electrons. The Hall–Kier alpha value is -2.89. The van der Waals surface area contributed by atoms with Crippen molar-refractivity contribution in [3.8, 4) is 11.5 Å². The van der Waals surface area contributed by atoms with Crippen molar-refractivity contribution in [2.75, 3.05) is 25.7 Å². The number of carbonyl (C=O) groups excluding carboxylic acids is 1. The topological polar surface area (TPSA) is 87.5 Å². The summed E-state index contributed by atoms with van der Waals surface area (Å²) in [7, 11) is 3.10. The normalized spacial score (nSPS) is 9.88. The third kappa shape index (κ3) is 4.79.